The van der Waals surface area contributed by atoms with E-state index in [-0.39, 0.29) is 36.0 Å². The number of hydrogen-bond donors (Lipinski definition) is 1. The van der Waals surface area contributed by atoms with Gasteiger partial charge < -0.3 is 24.7 Å². The molecule has 2 rings (SSSR count). The molecule has 2 N–H and O–H groups in total. The molecule has 1 aromatic carbocycles. The van der Waals surface area contributed by atoms with Crippen LogP contribution in [0.25, 0.3) is 0 Å². The van der Waals surface area contributed by atoms with E-state index in [1.54, 1.807) is 26.8 Å². The van der Waals surface area contributed by atoms with Gasteiger partial charge in [0.05, 0.1) is 29.2 Å². The van der Waals surface area contributed by atoms with Crippen molar-refractivity contribution in [3.8, 4) is 23.6 Å². The number of ether oxygens (including phenoxy) is 4. The summed E-state index contributed by atoms with van der Waals surface area (Å²) in [4.78, 5) is 12.7. The molecule has 1 heterocycles. The molecule has 0 radical (unpaired) electrons. The predicted octanol–water partition coefficient (Wildman–Crippen LogP) is 4.16. The lowest BCUT2D eigenvalue weighted by atomic mass is 9.83. The summed E-state index contributed by atoms with van der Waals surface area (Å²) in [6.07, 6.45) is 0. The number of benzene rings is 1. The van der Waals surface area contributed by atoms with Crippen LogP contribution in [0.15, 0.2) is 37.8 Å². The highest BCUT2D eigenvalue weighted by Gasteiger charge is 2.38. The number of allylic oxidation sites excluding steroid dienone is 2. The van der Waals surface area contributed by atoms with Crippen molar-refractivity contribution in [2.24, 2.45) is 5.73 Å². The molecule has 0 spiro atoms. The van der Waals surface area contributed by atoms with Crippen LogP contribution >= 0.6 is 31.9 Å². The van der Waals surface area contributed by atoms with Gasteiger partial charge >= 0.3 is 5.97 Å². The van der Waals surface area contributed by atoms with Crippen LogP contribution in [0.1, 0.15) is 32.3 Å². The molecule has 0 aliphatic carbocycles. The van der Waals surface area contributed by atoms with Gasteiger partial charge in [-0.3, -0.25) is 0 Å². The summed E-state index contributed by atoms with van der Waals surface area (Å²) in [5.41, 5.74) is 6.68. The van der Waals surface area contributed by atoms with Crippen LogP contribution in [-0.4, -0.2) is 25.8 Å². The third-order valence-electron chi connectivity index (χ3n) is 4.15. The second kappa shape index (κ2) is 10.4. The fourth-order valence-electron chi connectivity index (χ4n) is 2.98. The van der Waals surface area contributed by atoms with Gasteiger partial charge in [0.15, 0.2) is 18.1 Å². The molecule has 0 fully saturated rings. The average molecular weight is 541 g/mol. The second-order valence-electron chi connectivity index (χ2n) is 5.92. The Bertz CT molecular complexity index is 1010. The van der Waals surface area contributed by atoms with E-state index in [1.807, 2.05) is 12.1 Å². The average Bonchev–Trinajstić information content (AvgIpc) is 2.70. The Morgan fingerprint density at radius 2 is 1.93 bits per heavy atom. The molecule has 1 aromatic rings. The van der Waals surface area contributed by atoms with Crippen LogP contribution < -0.4 is 15.2 Å². The molecule has 0 aromatic heterocycles. The van der Waals surface area contributed by atoms with Crippen LogP contribution in [-0.2, 0) is 14.3 Å². The lowest BCUT2D eigenvalue weighted by Gasteiger charge is -2.28. The van der Waals surface area contributed by atoms with E-state index in [0.717, 1.165) is 0 Å². The standard InChI is InChI=1S/C20H19Br2N3O5/c1-4-27-13-8-11(16(21)17(22)18(13)29-7-6-23)15-12(9-24)19(25)30-10(3)14(15)20(26)28-5-2/h8,15H,4-5,7,25H2,1-3H3. The molecule has 1 aliphatic heterocycles. The number of esters is 1. The van der Waals surface area contributed by atoms with Gasteiger partial charge in [0.25, 0.3) is 0 Å². The number of carbonyl (C=O) groups excluding carboxylic acids is 1. The number of rotatable bonds is 7. The minimum Gasteiger partial charge on any atom is -0.490 e. The van der Waals surface area contributed by atoms with Gasteiger partial charge in [-0.2, -0.15) is 10.5 Å². The van der Waals surface area contributed by atoms with Gasteiger partial charge in [-0.1, -0.05) is 0 Å². The molecular formula is C20H19Br2N3O5. The van der Waals surface area contributed by atoms with Gasteiger partial charge in [-0.05, 0) is 64.3 Å². The third-order valence-corrected chi connectivity index (χ3v) is 6.29. The van der Waals surface area contributed by atoms with E-state index < -0.39 is 11.9 Å². The number of halogens is 2. The molecule has 0 bridgehead atoms. The molecule has 0 saturated heterocycles. The van der Waals surface area contributed by atoms with Crippen LogP contribution in [0.2, 0.25) is 0 Å². The van der Waals surface area contributed by atoms with Gasteiger partial charge in [0.1, 0.15) is 23.5 Å². The summed E-state index contributed by atoms with van der Waals surface area (Å²) in [6, 6.07) is 5.58. The van der Waals surface area contributed by atoms with E-state index in [1.165, 1.54) is 0 Å². The number of nitriles is 2. The lowest BCUT2D eigenvalue weighted by molar-refractivity contribution is -0.139. The van der Waals surface area contributed by atoms with Gasteiger partial charge in [0.2, 0.25) is 5.88 Å². The Labute approximate surface area is 191 Å². The monoisotopic (exact) mass is 539 g/mol. The molecule has 1 atom stereocenters. The first-order valence-electron chi connectivity index (χ1n) is 8.92. The molecule has 8 nitrogen and oxygen atoms in total. The highest BCUT2D eigenvalue weighted by Crippen LogP contribution is 2.49. The first-order valence-corrected chi connectivity index (χ1v) is 10.5. The van der Waals surface area contributed by atoms with Crippen LogP contribution in [0, 0.1) is 22.7 Å². The minimum atomic E-state index is -0.863. The molecule has 1 unspecified atom stereocenters. The zero-order valence-electron chi connectivity index (χ0n) is 16.5. The lowest BCUT2D eigenvalue weighted by Crippen LogP contribution is -2.26. The molecule has 30 heavy (non-hydrogen) atoms. The van der Waals surface area contributed by atoms with E-state index in [9.17, 15) is 10.1 Å². The van der Waals surface area contributed by atoms with Crippen molar-refractivity contribution >= 4 is 37.8 Å². The summed E-state index contributed by atoms with van der Waals surface area (Å²) in [6.45, 7) is 5.35. The molecule has 0 amide bonds. The van der Waals surface area contributed by atoms with Crippen molar-refractivity contribution in [3.63, 3.8) is 0 Å². The third kappa shape index (κ3) is 4.55. The van der Waals surface area contributed by atoms with E-state index in [0.29, 0.717) is 32.6 Å². The maximum atomic E-state index is 12.7. The SMILES string of the molecule is CCOC(=O)C1=C(C)OC(N)=C(C#N)C1c1cc(OCC)c(OCC#N)c(Br)c1Br. The van der Waals surface area contributed by atoms with Crippen molar-refractivity contribution in [3.05, 3.63) is 43.4 Å². The number of carbonyl (C=O) groups is 1. The molecule has 158 valence electrons. The second-order valence-corrected chi connectivity index (χ2v) is 7.50. The topological polar surface area (TPSA) is 128 Å². The quantitative estimate of drug-likeness (QED) is 0.510. The highest BCUT2D eigenvalue weighted by atomic mass is 79.9. The summed E-state index contributed by atoms with van der Waals surface area (Å²) >= 11 is 6.96. The molecule has 0 saturated carbocycles. The van der Waals surface area contributed by atoms with Crippen molar-refractivity contribution in [2.45, 2.75) is 26.7 Å². The van der Waals surface area contributed by atoms with Crippen LogP contribution in [0.5, 0.6) is 11.5 Å². The molecule has 1 aliphatic rings. The van der Waals surface area contributed by atoms with Crippen LogP contribution in [0.4, 0.5) is 0 Å². The Balaban J connectivity index is 2.79. The highest BCUT2D eigenvalue weighted by molar-refractivity contribution is 9.13. The largest absolute Gasteiger partial charge is 0.490 e. The minimum absolute atomic E-state index is 0.0596. The Hall–Kier alpha value is -2.69. The van der Waals surface area contributed by atoms with Crippen LogP contribution in [0.3, 0.4) is 0 Å². The van der Waals surface area contributed by atoms with Gasteiger partial charge in [0, 0.05) is 4.47 Å². The van der Waals surface area contributed by atoms with E-state index in [2.05, 4.69) is 31.9 Å². The van der Waals surface area contributed by atoms with Crippen molar-refractivity contribution < 1.29 is 23.7 Å². The zero-order chi connectivity index (χ0) is 22.4. The fourth-order valence-corrected chi connectivity index (χ4v) is 4.04. The van der Waals surface area contributed by atoms with Crippen molar-refractivity contribution in [1.29, 1.82) is 10.5 Å². The maximum Gasteiger partial charge on any atom is 0.338 e. The first kappa shape index (κ1) is 23.6. The van der Waals surface area contributed by atoms with E-state index >= 15 is 0 Å². The predicted molar refractivity (Wildman–Crippen MR) is 114 cm³/mol. The fraction of sp³-hybridized carbons (Fsp3) is 0.350. The first-order chi connectivity index (χ1) is 14.3. The number of nitrogens with two attached hydrogens (primary N) is 1. The van der Waals surface area contributed by atoms with E-state index in [4.69, 9.17) is 29.9 Å². The van der Waals surface area contributed by atoms with Gasteiger partial charge in [-0.15, -0.1) is 0 Å². The maximum absolute atomic E-state index is 12.7. The summed E-state index contributed by atoms with van der Waals surface area (Å²) in [7, 11) is 0. The number of nitrogens with zero attached hydrogens (tertiary/aromatic N) is 2. The van der Waals surface area contributed by atoms with Gasteiger partial charge in [-0.25, -0.2) is 4.79 Å². The van der Waals surface area contributed by atoms with Crippen molar-refractivity contribution in [1.82, 2.24) is 0 Å². The summed E-state index contributed by atoms with van der Waals surface area (Å²) < 4.78 is 22.8. The summed E-state index contributed by atoms with van der Waals surface area (Å²) in [5.74, 6) is -0.695. The molecular weight excluding hydrogens is 522 g/mol. The smallest absolute Gasteiger partial charge is 0.338 e. The normalized spacial score (nSPS) is 15.8. The number of hydrogen-bond acceptors (Lipinski definition) is 8. The molecule has 10 heteroatoms. The Morgan fingerprint density at radius 1 is 1.23 bits per heavy atom. The Morgan fingerprint density at radius 3 is 2.50 bits per heavy atom. The Kier molecular flexibility index (Phi) is 8.16. The van der Waals surface area contributed by atoms with Crippen molar-refractivity contribution in [2.75, 3.05) is 19.8 Å². The zero-order valence-corrected chi connectivity index (χ0v) is 19.7. The summed E-state index contributed by atoms with van der Waals surface area (Å²) in [5, 5.41) is 18.6.